The number of hydrogen-bond donors (Lipinski definition) is 2. The number of likely N-dealkylation sites (tertiary alicyclic amines) is 1. The van der Waals surface area contributed by atoms with Crippen LogP contribution in [0, 0.1) is 5.41 Å². The number of amides is 1. The van der Waals surface area contributed by atoms with Crippen molar-refractivity contribution in [1.82, 2.24) is 10.2 Å². The Morgan fingerprint density at radius 2 is 2.36 bits per heavy atom. The van der Waals surface area contributed by atoms with Crippen LogP contribution < -0.4 is 5.32 Å². The molecule has 1 saturated heterocycles. The predicted molar refractivity (Wildman–Crippen MR) is 56.4 cm³/mol. The van der Waals surface area contributed by atoms with Crippen molar-refractivity contribution in [3.05, 3.63) is 0 Å². The van der Waals surface area contributed by atoms with Gasteiger partial charge in [0.25, 0.3) is 0 Å². The van der Waals surface area contributed by atoms with E-state index >= 15 is 0 Å². The Morgan fingerprint density at radius 3 is 2.86 bits per heavy atom. The summed E-state index contributed by atoms with van der Waals surface area (Å²) >= 11 is 0. The zero-order valence-electron chi connectivity index (χ0n) is 8.97. The van der Waals surface area contributed by atoms with E-state index in [4.69, 9.17) is 5.41 Å². The summed E-state index contributed by atoms with van der Waals surface area (Å²) < 4.78 is 0. The minimum absolute atomic E-state index is 0.0831. The van der Waals surface area contributed by atoms with Crippen molar-refractivity contribution in [2.45, 2.75) is 39.2 Å². The van der Waals surface area contributed by atoms with Gasteiger partial charge in [-0.3, -0.25) is 10.2 Å². The lowest BCUT2D eigenvalue weighted by atomic mass is 10.3. The van der Waals surface area contributed by atoms with Gasteiger partial charge in [0.2, 0.25) is 5.91 Å². The van der Waals surface area contributed by atoms with Crippen LogP contribution in [-0.2, 0) is 4.79 Å². The second-order valence-electron chi connectivity index (χ2n) is 4.01. The standard InChI is InChI=1S/C10H19N3O/c1-8(2)12-10(14)5-7-13-6-3-4-9(13)11/h8,11H,3-7H2,1-2H3,(H,12,14). The van der Waals surface area contributed by atoms with E-state index in [0.717, 1.165) is 19.4 Å². The summed E-state index contributed by atoms with van der Waals surface area (Å²) in [6.45, 7) is 5.54. The van der Waals surface area contributed by atoms with Crippen LogP contribution >= 0.6 is 0 Å². The normalized spacial score (nSPS) is 16.5. The first-order chi connectivity index (χ1) is 6.59. The number of nitrogens with one attached hydrogen (secondary N) is 2. The minimum Gasteiger partial charge on any atom is -0.360 e. The Balaban J connectivity index is 2.19. The van der Waals surface area contributed by atoms with E-state index in [-0.39, 0.29) is 11.9 Å². The number of amidine groups is 1. The molecule has 14 heavy (non-hydrogen) atoms. The maximum Gasteiger partial charge on any atom is 0.221 e. The average molecular weight is 197 g/mol. The van der Waals surface area contributed by atoms with E-state index in [9.17, 15) is 4.79 Å². The maximum absolute atomic E-state index is 11.3. The van der Waals surface area contributed by atoms with Crippen molar-refractivity contribution in [2.24, 2.45) is 0 Å². The number of carbonyl (C=O) groups is 1. The number of carbonyl (C=O) groups excluding carboxylic acids is 1. The molecule has 0 saturated carbocycles. The van der Waals surface area contributed by atoms with Crippen molar-refractivity contribution in [3.63, 3.8) is 0 Å². The molecule has 1 fully saturated rings. The molecule has 80 valence electrons. The summed E-state index contributed by atoms with van der Waals surface area (Å²) in [5.41, 5.74) is 0. The zero-order valence-corrected chi connectivity index (χ0v) is 8.97. The summed E-state index contributed by atoms with van der Waals surface area (Å²) in [6.07, 6.45) is 2.43. The van der Waals surface area contributed by atoms with Gasteiger partial charge in [0.1, 0.15) is 0 Å². The molecule has 0 spiro atoms. The summed E-state index contributed by atoms with van der Waals surface area (Å²) in [5, 5.41) is 10.4. The molecule has 1 aliphatic heterocycles. The smallest absolute Gasteiger partial charge is 0.221 e. The molecule has 0 aliphatic carbocycles. The molecule has 0 aromatic carbocycles. The Labute approximate surface area is 85.2 Å². The van der Waals surface area contributed by atoms with E-state index in [0.29, 0.717) is 18.8 Å². The molecule has 4 heteroatoms. The van der Waals surface area contributed by atoms with Crippen LogP contribution in [0.4, 0.5) is 0 Å². The zero-order chi connectivity index (χ0) is 10.6. The lowest BCUT2D eigenvalue weighted by Gasteiger charge is -2.17. The third kappa shape index (κ3) is 3.36. The van der Waals surface area contributed by atoms with Gasteiger partial charge >= 0.3 is 0 Å². The topological polar surface area (TPSA) is 56.2 Å². The first-order valence-corrected chi connectivity index (χ1v) is 5.21. The van der Waals surface area contributed by atoms with Crippen LogP contribution in [0.5, 0.6) is 0 Å². The summed E-state index contributed by atoms with van der Waals surface area (Å²) in [6, 6.07) is 0.209. The third-order valence-electron chi connectivity index (χ3n) is 2.28. The second-order valence-corrected chi connectivity index (χ2v) is 4.01. The highest BCUT2D eigenvalue weighted by molar-refractivity contribution is 5.82. The molecule has 1 heterocycles. The molecule has 1 amide bonds. The highest BCUT2D eigenvalue weighted by Crippen LogP contribution is 2.09. The second kappa shape index (κ2) is 4.98. The van der Waals surface area contributed by atoms with Crippen LogP contribution in [-0.4, -0.2) is 35.8 Å². The SMILES string of the molecule is CC(C)NC(=O)CCN1CCCC1=N. The number of rotatable bonds is 4. The van der Waals surface area contributed by atoms with Crippen LogP contribution in [0.25, 0.3) is 0 Å². The van der Waals surface area contributed by atoms with Crippen molar-refractivity contribution in [3.8, 4) is 0 Å². The summed E-state index contributed by atoms with van der Waals surface area (Å²) in [7, 11) is 0. The molecule has 0 atom stereocenters. The molecule has 0 bridgehead atoms. The molecular formula is C10H19N3O. The quantitative estimate of drug-likeness (QED) is 0.705. The molecule has 1 rings (SSSR count). The fourth-order valence-corrected chi connectivity index (χ4v) is 1.61. The molecular weight excluding hydrogens is 178 g/mol. The van der Waals surface area contributed by atoms with Gasteiger partial charge in [-0.1, -0.05) is 0 Å². The monoisotopic (exact) mass is 197 g/mol. The fraction of sp³-hybridized carbons (Fsp3) is 0.800. The van der Waals surface area contributed by atoms with Crippen molar-refractivity contribution >= 4 is 11.7 Å². The highest BCUT2D eigenvalue weighted by Gasteiger charge is 2.17. The number of nitrogens with zero attached hydrogens (tertiary/aromatic N) is 1. The van der Waals surface area contributed by atoms with Crippen molar-refractivity contribution in [2.75, 3.05) is 13.1 Å². The molecule has 0 unspecified atom stereocenters. The first-order valence-electron chi connectivity index (χ1n) is 5.21. The Kier molecular flexibility index (Phi) is 3.92. The van der Waals surface area contributed by atoms with Crippen LogP contribution in [0.15, 0.2) is 0 Å². The summed E-state index contributed by atoms with van der Waals surface area (Å²) in [5.74, 6) is 0.766. The molecule has 2 N–H and O–H groups in total. The number of hydrogen-bond acceptors (Lipinski definition) is 2. The van der Waals surface area contributed by atoms with Gasteiger partial charge < -0.3 is 10.2 Å². The van der Waals surface area contributed by atoms with E-state index in [1.165, 1.54) is 0 Å². The van der Waals surface area contributed by atoms with Crippen molar-refractivity contribution < 1.29 is 4.79 Å². The Bertz CT molecular complexity index is 225. The minimum atomic E-state index is 0.0831. The lowest BCUT2D eigenvalue weighted by molar-refractivity contribution is -0.121. The molecule has 1 aliphatic rings. The van der Waals surface area contributed by atoms with Gasteiger partial charge in [0, 0.05) is 32.0 Å². The van der Waals surface area contributed by atoms with Gasteiger partial charge in [-0.25, -0.2) is 0 Å². The summed E-state index contributed by atoms with van der Waals surface area (Å²) in [4.78, 5) is 13.3. The average Bonchev–Trinajstić information content (AvgIpc) is 2.46. The molecule has 4 nitrogen and oxygen atoms in total. The van der Waals surface area contributed by atoms with Crippen LogP contribution in [0.2, 0.25) is 0 Å². The fourth-order valence-electron chi connectivity index (χ4n) is 1.61. The van der Waals surface area contributed by atoms with Crippen LogP contribution in [0.3, 0.4) is 0 Å². The van der Waals surface area contributed by atoms with Crippen molar-refractivity contribution in [1.29, 1.82) is 5.41 Å². The Hall–Kier alpha value is -1.06. The largest absolute Gasteiger partial charge is 0.360 e. The van der Waals surface area contributed by atoms with E-state index < -0.39 is 0 Å². The first kappa shape index (κ1) is 11.0. The third-order valence-corrected chi connectivity index (χ3v) is 2.28. The van der Waals surface area contributed by atoms with Gasteiger partial charge in [0.05, 0.1) is 5.84 Å². The van der Waals surface area contributed by atoms with Gasteiger partial charge in [0.15, 0.2) is 0 Å². The molecule has 0 aromatic heterocycles. The van der Waals surface area contributed by atoms with Gasteiger partial charge in [-0.05, 0) is 20.3 Å². The van der Waals surface area contributed by atoms with Gasteiger partial charge in [-0.2, -0.15) is 0 Å². The lowest BCUT2D eigenvalue weighted by Crippen LogP contribution is -2.34. The molecule has 0 aromatic rings. The van der Waals surface area contributed by atoms with E-state index in [1.807, 2.05) is 18.7 Å². The van der Waals surface area contributed by atoms with E-state index in [1.54, 1.807) is 0 Å². The predicted octanol–water partition coefficient (Wildman–Crippen LogP) is 0.974. The Morgan fingerprint density at radius 1 is 1.64 bits per heavy atom. The van der Waals surface area contributed by atoms with Crippen LogP contribution in [0.1, 0.15) is 33.1 Å². The molecule has 0 radical (unpaired) electrons. The van der Waals surface area contributed by atoms with Gasteiger partial charge in [-0.15, -0.1) is 0 Å². The maximum atomic E-state index is 11.3. The van der Waals surface area contributed by atoms with E-state index in [2.05, 4.69) is 5.32 Å². The highest BCUT2D eigenvalue weighted by atomic mass is 16.1.